The van der Waals surface area contributed by atoms with Crippen molar-refractivity contribution < 1.29 is 19.1 Å². The third kappa shape index (κ3) is 4.14. The van der Waals surface area contributed by atoms with E-state index in [1.807, 2.05) is 12.2 Å². The second-order valence-electron chi connectivity index (χ2n) is 11.0. The normalized spacial score (nSPS) is 36.7. The minimum atomic E-state index is -1.12. The highest BCUT2D eigenvalue weighted by Crippen LogP contribution is 2.55. The molecule has 0 radical (unpaired) electrons. The van der Waals surface area contributed by atoms with E-state index >= 15 is 0 Å². The van der Waals surface area contributed by atoms with Crippen molar-refractivity contribution in [3.05, 3.63) is 41.4 Å². The maximum Gasteiger partial charge on any atom is 0.246 e. The lowest BCUT2D eigenvalue weighted by atomic mass is 9.73. The van der Waals surface area contributed by atoms with Crippen molar-refractivity contribution in [3.8, 4) is 0 Å². The summed E-state index contributed by atoms with van der Waals surface area (Å²) >= 11 is 5.98. The third-order valence-electron chi connectivity index (χ3n) is 8.82. The Hall–Kier alpha value is -2.38. The van der Waals surface area contributed by atoms with Crippen molar-refractivity contribution in [2.24, 2.45) is 23.7 Å². The number of unbranched alkanes of at least 4 members (excludes halogenated alkanes) is 1. The minimum absolute atomic E-state index is 0.0754. The number of halogens is 1. The molecule has 1 saturated carbocycles. The van der Waals surface area contributed by atoms with Gasteiger partial charge in [0.25, 0.3) is 0 Å². The number of hydrogen-bond acceptors (Lipinski definition) is 4. The van der Waals surface area contributed by atoms with Crippen LogP contribution in [-0.2, 0) is 19.1 Å². The number of rotatable bonds is 7. The molecular formula is C28H36ClN3O4. The Labute approximate surface area is 218 Å². The molecule has 3 aliphatic heterocycles. The highest BCUT2D eigenvalue weighted by molar-refractivity contribution is 6.30. The first kappa shape index (κ1) is 25.3. The molecule has 2 N–H and O–H groups in total. The predicted octanol–water partition coefficient (Wildman–Crippen LogP) is 4.17. The molecule has 3 amide bonds. The van der Waals surface area contributed by atoms with Gasteiger partial charge in [0.05, 0.1) is 17.9 Å². The van der Waals surface area contributed by atoms with E-state index in [9.17, 15) is 14.4 Å². The Morgan fingerprint density at radius 2 is 1.92 bits per heavy atom. The van der Waals surface area contributed by atoms with E-state index in [2.05, 4.69) is 31.4 Å². The molecule has 4 aliphatic rings. The molecule has 1 aromatic rings. The van der Waals surface area contributed by atoms with Crippen LogP contribution in [0, 0.1) is 23.7 Å². The number of benzene rings is 1. The van der Waals surface area contributed by atoms with E-state index in [-0.39, 0.29) is 23.8 Å². The Bertz CT molecular complexity index is 1060. The van der Waals surface area contributed by atoms with Crippen LogP contribution in [0.15, 0.2) is 36.4 Å². The summed E-state index contributed by atoms with van der Waals surface area (Å²) in [5, 5.41) is 6.78. The highest BCUT2D eigenvalue weighted by atomic mass is 35.5. The maximum atomic E-state index is 13.9. The van der Waals surface area contributed by atoms with Crippen LogP contribution in [0.1, 0.15) is 52.9 Å². The fraction of sp³-hybridized carbons (Fsp3) is 0.607. The lowest BCUT2D eigenvalue weighted by Gasteiger charge is -2.38. The smallest absolute Gasteiger partial charge is 0.246 e. The van der Waals surface area contributed by atoms with Crippen LogP contribution in [0.25, 0.3) is 0 Å². The summed E-state index contributed by atoms with van der Waals surface area (Å²) in [5.74, 6) is -1.14. The van der Waals surface area contributed by atoms with Crippen LogP contribution in [-0.4, -0.2) is 53.0 Å². The molecule has 36 heavy (non-hydrogen) atoms. The van der Waals surface area contributed by atoms with Crippen molar-refractivity contribution in [2.75, 3.05) is 11.9 Å². The molecule has 0 aromatic heterocycles. The van der Waals surface area contributed by atoms with Crippen LogP contribution in [0.5, 0.6) is 0 Å². The van der Waals surface area contributed by atoms with Crippen LogP contribution < -0.4 is 10.6 Å². The molecule has 7 nitrogen and oxygen atoms in total. The van der Waals surface area contributed by atoms with Crippen LogP contribution >= 0.6 is 11.6 Å². The second kappa shape index (κ2) is 9.82. The predicted molar refractivity (Wildman–Crippen MR) is 138 cm³/mol. The van der Waals surface area contributed by atoms with Gasteiger partial charge in [-0.05, 0) is 48.9 Å². The van der Waals surface area contributed by atoms with E-state index in [0.717, 1.165) is 25.7 Å². The number of carbonyl (C=O) groups is 3. The molecule has 3 fully saturated rings. The first-order valence-corrected chi connectivity index (χ1v) is 13.7. The Balaban J connectivity index is 1.42. The van der Waals surface area contributed by atoms with E-state index in [0.29, 0.717) is 29.1 Å². The molecule has 8 atom stereocenters. The average molecular weight is 514 g/mol. The van der Waals surface area contributed by atoms with Crippen molar-refractivity contribution in [1.82, 2.24) is 10.2 Å². The van der Waals surface area contributed by atoms with Crippen molar-refractivity contribution >= 4 is 35.0 Å². The summed E-state index contributed by atoms with van der Waals surface area (Å²) in [4.78, 5) is 42.8. The number of carbonyl (C=O) groups excluding carboxylic acids is 3. The Kier molecular flexibility index (Phi) is 6.90. The lowest BCUT2D eigenvalue weighted by Crippen LogP contribution is -2.58. The second-order valence-corrected chi connectivity index (χ2v) is 11.4. The van der Waals surface area contributed by atoms with Gasteiger partial charge in [0.2, 0.25) is 17.7 Å². The fourth-order valence-corrected chi connectivity index (χ4v) is 6.77. The first-order chi connectivity index (χ1) is 17.3. The van der Waals surface area contributed by atoms with E-state index in [1.54, 1.807) is 29.2 Å². The summed E-state index contributed by atoms with van der Waals surface area (Å²) in [7, 11) is 0. The monoisotopic (exact) mass is 513 g/mol. The molecule has 1 aromatic carbocycles. The molecule has 194 valence electrons. The van der Waals surface area contributed by atoms with E-state index in [1.165, 1.54) is 6.42 Å². The molecule has 0 unspecified atom stereocenters. The van der Waals surface area contributed by atoms with Crippen LogP contribution in [0.2, 0.25) is 5.02 Å². The minimum Gasteiger partial charge on any atom is -0.359 e. The molecule has 3 heterocycles. The van der Waals surface area contributed by atoms with Crippen molar-refractivity contribution in [3.63, 3.8) is 0 Å². The Morgan fingerprint density at radius 1 is 1.17 bits per heavy atom. The number of ether oxygens (including phenoxy) is 1. The van der Waals surface area contributed by atoms with Gasteiger partial charge < -0.3 is 20.3 Å². The Morgan fingerprint density at radius 3 is 2.64 bits per heavy atom. The number of fused-ring (bicyclic) bond motifs is 1. The summed E-state index contributed by atoms with van der Waals surface area (Å²) in [6.45, 7) is 6.96. The van der Waals surface area contributed by atoms with Gasteiger partial charge in [-0.3, -0.25) is 14.4 Å². The molecule has 2 saturated heterocycles. The number of hydrogen-bond donors (Lipinski definition) is 2. The number of nitrogens with one attached hydrogen (secondary N) is 2. The average Bonchev–Trinajstić information content (AvgIpc) is 3.49. The van der Waals surface area contributed by atoms with E-state index < -0.39 is 29.6 Å². The summed E-state index contributed by atoms with van der Waals surface area (Å²) in [6, 6.07) is 6.17. The molecule has 5 rings (SSSR count). The van der Waals surface area contributed by atoms with Crippen molar-refractivity contribution in [1.29, 1.82) is 0 Å². The zero-order valence-corrected chi connectivity index (χ0v) is 22.0. The summed E-state index contributed by atoms with van der Waals surface area (Å²) in [6.07, 6.45) is 8.05. The molecule has 2 bridgehead atoms. The van der Waals surface area contributed by atoms with Crippen molar-refractivity contribution in [2.45, 2.75) is 76.7 Å². The third-order valence-corrected chi connectivity index (χ3v) is 9.08. The zero-order chi connectivity index (χ0) is 25.6. The fourth-order valence-electron chi connectivity index (χ4n) is 6.64. The summed E-state index contributed by atoms with van der Waals surface area (Å²) < 4.78 is 6.41. The van der Waals surface area contributed by atoms with Gasteiger partial charge in [-0.25, -0.2) is 0 Å². The van der Waals surface area contributed by atoms with Crippen LogP contribution in [0.3, 0.4) is 0 Å². The highest BCUT2D eigenvalue weighted by Gasteiger charge is 2.72. The molecule has 8 heteroatoms. The van der Waals surface area contributed by atoms with Gasteiger partial charge in [0, 0.05) is 23.3 Å². The molecular weight excluding hydrogens is 478 g/mol. The largest absolute Gasteiger partial charge is 0.359 e. The number of amides is 3. The van der Waals surface area contributed by atoms with E-state index in [4.69, 9.17) is 16.3 Å². The topological polar surface area (TPSA) is 87.7 Å². The van der Waals surface area contributed by atoms with Crippen LogP contribution in [0.4, 0.5) is 5.69 Å². The standard InChI is InChI=1S/C28H36ClN3O4/c1-4-5-15-32-24(26(34)31-20-8-6-7-16(2)17(20)3)28-14-13-21(36-28)22(23(28)27(32)35)25(33)30-19-11-9-18(29)10-12-19/h9-14,16-17,20-24H,4-8,15H2,1-3H3,(H,30,33)(H,31,34)/t16-,17+,20-,21+,22-,23+,24+,28+/m1/s1. The summed E-state index contributed by atoms with van der Waals surface area (Å²) in [5.41, 5.74) is -0.515. The van der Waals surface area contributed by atoms with Gasteiger partial charge in [0.15, 0.2) is 0 Å². The number of likely N-dealkylation sites (tertiary alicyclic amines) is 1. The maximum absolute atomic E-state index is 13.9. The molecule has 1 spiro atoms. The van der Waals surface area contributed by atoms with Gasteiger partial charge in [-0.1, -0.05) is 63.8 Å². The lowest BCUT2D eigenvalue weighted by molar-refractivity contribution is -0.141. The SMILES string of the molecule is CCCCN1C(=O)[C@@H]2[C@H](C(=O)Nc3ccc(Cl)cc3)[C@@H]3C=C[C@@]2(O3)[C@@H]1C(=O)N[C@@H]1CCC[C@@H](C)[C@@H]1C. The van der Waals surface area contributed by atoms with Gasteiger partial charge in [-0.15, -0.1) is 0 Å². The first-order valence-electron chi connectivity index (χ1n) is 13.3. The van der Waals surface area contributed by atoms with Gasteiger partial charge in [0.1, 0.15) is 11.6 Å². The quantitative estimate of drug-likeness (QED) is 0.536. The number of nitrogens with zero attached hydrogens (tertiary/aromatic N) is 1. The zero-order valence-electron chi connectivity index (χ0n) is 21.2. The number of anilines is 1. The van der Waals surface area contributed by atoms with Gasteiger partial charge >= 0.3 is 0 Å². The van der Waals surface area contributed by atoms with Gasteiger partial charge in [-0.2, -0.15) is 0 Å². The molecule has 1 aliphatic carbocycles.